The van der Waals surface area contributed by atoms with Gasteiger partial charge in [-0.15, -0.1) is 0 Å². The highest BCUT2D eigenvalue weighted by molar-refractivity contribution is 5.82. The summed E-state index contributed by atoms with van der Waals surface area (Å²) in [7, 11) is 0. The van der Waals surface area contributed by atoms with Gasteiger partial charge in [-0.2, -0.15) is 0 Å². The Hall–Kier alpha value is -2.24. The van der Waals surface area contributed by atoms with E-state index in [0.717, 1.165) is 5.56 Å². The van der Waals surface area contributed by atoms with Crippen molar-refractivity contribution in [3.05, 3.63) is 23.8 Å². The molecule has 0 spiro atoms. The van der Waals surface area contributed by atoms with Crippen molar-refractivity contribution >= 4 is 11.8 Å². The van der Waals surface area contributed by atoms with Gasteiger partial charge in [0.25, 0.3) is 0 Å². The molecular formula is C16H20N2O4. The summed E-state index contributed by atoms with van der Waals surface area (Å²) in [4.78, 5) is 25.5. The van der Waals surface area contributed by atoms with E-state index in [1.807, 2.05) is 25.1 Å². The zero-order valence-electron chi connectivity index (χ0n) is 12.6. The fourth-order valence-electron chi connectivity index (χ4n) is 3.02. The quantitative estimate of drug-likeness (QED) is 0.885. The topological polar surface area (TPSA) is 81.9 Å². The average Bonchev–Trinajstić information content (AvgIpc) is 2.89. The van der Waals surface area contributed by atoms with Crippen LogP contribution in [0.15, 0.2) is 18.2 Å². The van der Waals surface area contributed by atoms with E-state index in [1.54, 1.807) is 4.90 Å². The summed E-state index contributed by atoms with van der Waals surface area (Å²) in [5.74, 6) is 0.938. The first-order valence-electron chi connectivity index (χ1n) is 7.50. The average molecular weight is 304 g/mol. The largest absolute Gasteiger partial charge is 0.486 e. The lowest BCUT2D eigenvalue weighted by atomic mass is 9.98. The summed E-state index contributed by atoms with van der Waals surface area (Å²) in [6, 6.07) is 5.55. The van der Waals surface area contributed by atoms with Crippen molar-refractivity contribution in [2.24, 2.45) is 17.6 Å². The van der Waals surface area contributed by atoms with Gasteiger partial charge in [0, 0.05) is 13.1 Å². The van der Waals surface area contributed by atoms with Gasteiger partial charge in [0.15, 0.2) is 11.5 Å². The number of nitrogens with two attached hydrogens (primary N) is 1. The Labute approximate surface area is 129 Å². The maximum absolute atomic E-state index is 12.4. The van der Waals surface area contributed by atoms with Crippen molar-refractivity contribution in [3.8, 4) is 11.5 Å². The maximum atomic E-state index is 12.4. The number of carbonyl (C=O) groups is 2. The predicted molar refractivity (Wildman–Crippen MR) is 79.6 cm³/mol. The number of primary amides is 1. The molecule has 2 heterocycles. The third-order valence-corrected chi connectivity index (χ3v) is 4.29. The van der Waals surface area contributed by atoms with Crippen LogP contribution in [0.5, 0.6) is 11.5 Å². The van der Waals surface area contributed by atoms with E-state index in [9.17, 15) is 9.59 Å². The summed E-state index contributed by atoms with van der Waals surface area (Å²) in [6.07, 6.45) is 0.287. The summed E-state index contributed by atoms with van der Waals surface area (Å²) in [5, 5.41) is 0. The maximum Gasteiger partial charge on any atom is 0.227 e. The van der Waals surface area contributed by atoms with Crippen molar-refractivity contribution < 1.29 is 19.1 Å². The van der Waals surface area contributed by atoms with Crippen LogP contribution in [-0.4, -0.2) is 43.0 Å². The summed E-state index contributed by atoms with van der Waals surface area (Å²) >= 11 is 0. The number of likely N-dealkylation sites (tertiary alicyclic amines) is 1. The second-order valence-electron chi connectivity index (χ2n) is 5.94. The first kappa shape index (κ1) is 14.7. The van der Waals surface area contributed by atoms with Gasteiger partial charge in [0.05, 0.1) is 12.3 Å². The fourth-order valence-corrected chi connectivity index (χ4v) is 3.02. The molecule has 6 nitrogen and oxygen atoms in total. The fraction of sp³-hybridized carbons (Fsp3) is 0.500. The van der Waals surface area contributed by atoms with Gasteiger partial charge in [-0.25, -0.2) is 0 Å². The Kier molecular flexibility index (Phi) is 3.92. The molecule has 2 amide bonds. The van der Waals surface area contributed by atoms with Crippen molar-refractivity contribution in [3.63, 3.8) is 0 Å². The minimum atomic E-state index is -0.331. The van der Waals surface area contributed by atoms with Crippen LogP contribution in [0.1, 0.15) is 12.5 Å². The molecule has 0 bridgehead atoms. The summed E-state index contributed by atoms with van der Waals surface area (Å²) in [5.41, 5.74) is 6.25. The van der Waals surface area contributed by atoms with E-state index in [2.05, 4.69) is 0 Å². The number of hydrogen-bond donors (Lipinski definition) is 1. The smallest absolute Gasteiger partial charge is 0.227 e. The Bertz CT molecular complexity index is 602. The Morgan fingerprint density at radius 2 is 1.95 bits per heavy atom. The molecule has 0 aromatic heterocycles. The third kappa shape index (κ3) is 2.86. The first-order valence-corrected chi connectivity index (χ1v) is 7.50. The highest BCUT2D eigenvalue weighted by Crippen LogP contribution is 2.31. The second kappa shape index (κ2) is 5.87. The molecule has 2 aliphatic rings. The molecule has 2 N–H and O–H groups in total. The van der Waals surface area contributed by atoms with Crippen LogP contribution in [0.25, 0.3) is 0 Å². The summed E-state index contributed by atoms with van der Waals surface area (Å²) in [6.45, 7) is 4.02. The van der Waals surface area contributed by atoms with E-state index in [4.69, 9.17) is 15.2 Å². The van der Waals surface area contributed by atoms with Gasteiger partial charge in [-0.05, 0) is 23.6 Å². The van der Waals surface area contributed by atoms with E-state index in [1.165, 1.54) is 0 Å². The molecule has 1 aromatic rings. The minimum Gasteiger partial charge on any atom is -0.486 e. The number of amides is 2. The molecule has 0 unspecified atom stereocenters. The van der Waals surface area contributed by atoms with Crippen LogP contribution in [-0.2, 0) is 16.0 Å². The number of rotatable bonds is 3. The van der Waals surface area contributed by atoms with E-state index in [-0.39, 0.29) is 30.1 Å². The van der Waals surface area contributed by atoms with Crippen molar-refractivity contribution in [2.45, 2.75) is 13.3 Å². The summed E-state index contributed by atoms with van der Waals surface area (Å²) < 4.78 is 11.0. The Morgan fingerprint density at radius 1 is 1.23 bits per heavy atom. The molecule has 1 fully saturated rings. The van der Waals surface area contributed by atoms with Gasteiger partial charge in [0.2, 0.25) is 11.8 Å². The van der Waals surface area contributed by atoms with Gasteiger partial charge in [0.1, 0.15) is 13.2 Å². The van der Waals surface area contributed by atoms with Crippen molar-refractivity contribution in [2.75, 3.05) is 26.3 Å². The molecular weight excluding hydrogens is 284 g/mol. The monoisotopic (exact) mass is 304 g/mol. The molecule has 1 saturated heterocycles. The highest BCUT2D eigenvalue weighted by atomic mass is 16.6. The number of hydrogen-bond acceptors (Lipinski definition) is 4. The molecule has 0 radical (unpaired) electrons. The van der Waals surface area contributed by atoms with Crippen LogP contribution < -0.4 is 15.2 Å². The number of carbonyl (C=O) groups excluding carboxylic acids is 2. The van der Waals surface area contributed by atoms with E-state index in [0.29, 0.717) is 37.8 Å². The van der Waals surface area contributed by atoms with Crippen LogP contribution >= 0.6 is 0 Å². The zero-order valence-corrected chi connectivity index (χ0v) is 12.6. The second-order valence-corrected chi connectivity index (χ2v) is 5.94. The lowest BCUT2D eigenvalue weighted by Crippen LogP contribution is -2.32. The van der Waals surface area contributed by atoms with Gasteiger partial charge < -0.3 is 20.1 Å². The van der Waals surface area contributed by atoms with Gasteiger partial charge in [-0.3, -0.25) is 9.59 Å². The molecule has 1 aromatic carbocycles. The highest BCUT2D eigenvalue weighted by Gasteiger charge is 2.35. The predicted octanol–water partition coefficient (Wildman–Crippen LogP) is 0.580. The Morgan fingerprint density at radius 3 is 2.64 bits per heavy atom. The molecule has 3 rings (SSSR count). The number of benzene rings is 1. The van der Waals surface area contributed by atoms with Crippen LogP contribution in [0, 0.1) is 11.8 Å². The van der Waals surface area contributed by atoms with E-state index >= 15 is 0 Å². The van der Waals surface area contributed by atoms with Crippen molar-refractivity contribution in [1.29, 1.82) is 0 Å². The number of ether oxygens (including phenoxy) is 2. The molecule has 0 saturated carbocycles. The van der Waals surface area contributed by atoms with Crippen LogP contribution in [0.2, 0.25) is 0 Å². The normalized spacial score (nSPS) is 23.4. The van der Waals surface area contributed by atoms with Gasteiger partial charge >= 0.3 is 0 Å². The molecule has 22 heavy (non-hydrogen) atoms. The molecule has 118 valence electrons. The first-order chi connectivity index (χ1) is 10.5. The number of nitrogens with zero attached hydrogens (tertiary/aromatic N) is 1. The van der Waals surface area contributed by atoms with Gasteiger partial charge in [-0.1, -0.05) is 13.0 Å². The minimum absolute atomic E-state index is 0.00674. The number of fused-ring (bicyclic) bond motifs is 1. The lowest BCUT2D eigenvalue weighted by molar-refractivity contribution is -0.129. The molecule has 2 atom stereocenters. The Balaban J connectivity index is 1.66. The van der Waals surface area contributed by atoms with Crippen molar-refractivity contribution in [1.82, 2.24) is 4.90 Å². The van der Waals surface area contributed by atoms with Crippen LogP contribution in [0.4, 0.5) is 0 Å². The lowest BCUT2D eigenvalue weighted by Gasteiger charge is -2.20. The van der Waals surface area contributed by atoms with Crippen LogP contribution in [0.3, 0.4) is 0 Å². The third-order valence-electron chi connectivity index (χ3n) is 4.29. The van der Waals surface area contributed by atoms with E-state index < -0.39 is 0 Å². The zero-order chi connectivity index (χ0) is 15.7. The standard InChI is InChI=1S/C16H20N2O4/c1-10-8-18(9-12(10)16(17)20)15(19)7-11-2-3-13-14(6-11)22-5-4-21-13/h2-3,6,10,12H,4-5,7-9H2,1H3,(H2,17,20)/t10-,12-/m1/s1. The SMILES string of the molecule is C[C@@H]1CN(C(=O)Cc2ccc3c(c2)OCCO3)C[C@H]1C(N)=O. The molecule has 6 heteroatoms. The molecule has 0 aliphatic carbocycles. The molecule has 2 aliphatic heterocycles.